The monoisotopic (exact) mass is 256 g/mol. The Bertz CT molecular complexity index is 523. The first-order valence-corrected chi connectivity index (χ1v) is 6.57. The lowest BCUT2D eigenvalue weighted by molar-refractivity contribution is 0.471. The highest BCUT2D eigenvalue weighted by Gasteiger charge is 2.05. The van der Waals surface area contributed by atoms with E-state index in [-0.39, 0.29) is 5.75 Å². The van der Waals surface area contributed by atoms with Crippen LogP contribution in [-0.2, 0) is 13.0 Å². The highest BCUT2D eigenvalue weighted by atomic mass is 16.3. The minimum absolute atomic E-state index is 0.205. The molecule has 0 fully saturated rings. The molecule has 19 heavy (non-hydrogen) atoms. The molecule has 3 nitrogen and oxygen atoms in total. The Morgan fingerprint density at radius 2 is 2.00 bits per heavy atom. The summed E-state index contributed by atoms with van der Waals surface area (Å²) in [5.74, 6) is 0.205. The summed E-state index contributed by atoms with van der Waals surface area (Å²) in [6.07, 6.45) is 2.48. The summed E-state index contributed by atoms with van der Waals surface area (Å²) in [6.45, 7) is 5.03. The second-order valence-corrected chi connectivity index (χ2v) is 4.92. The summed E-state index contributed by atoms with van der Waals surface area (Å²) in [7, 11) is 0. The fraction of sp³-hybridized carbons (Fsp3) is 0.312. The molecule has 1 aromatic carbocycles. The van der Waals surface area contributed by atoms with Crippen LogP contribution < -0.4 is 5.32 Å². The van der Waals surface area contributed by atoms with Crippen molar-refractivity contribution < 1.29 is 5.11 Å². The average Bonchev–Trinajstić information content (AvgIpc) is 2.41. The zero-order valence-corrected chi connectivity index (χ0v) is 11.4. The Morgan fingerprint density at radius 1 is 1.21 bits per heavy atom. The van der Waals surface area contributed by atoms with Crippen LogP contribution >= 0.6 is 0 Å². The lowest BCUT2D eigenvalue weighted by Crippen LogP contribution is -2.28. The molecule has 0 saturated carbocycles. The van der Waals surface area contributed by atoms with Crippen molar-refractivity contribution >= 4 is 0 Å². The predicted molar refractivity (Wildman–Crippen MR) is 77.1 cm³/mol. The third-order valence-corrected chi connectivity index (χ3v) is 3.23. The maximum atomic E-state index is 9.18. The van der Waals surface area contributed by atoms with Crippen LogP contribution in [0.5, 0.6) is 5.75 Å². The summed E-state index contributed by atoms with van der Waals surface area (Å²) < 4.78 is 0. The maximum absolute atomic E-state index is 9.18. The quantitative estimate of drug-likeness (QED) is 0.864. The smallest absolute Gasteiger partial charge is 0.133 e. The van der Waals surface area contributed by atoms with Gasteiger partial charge >= 0.3 is 0 Å². The lowest BCUT2D eigenvalue weighted by atomic mass is 10.0. The van der Waals surface area contributed by atoms with E-state index >= 15 is 0 Å². The van der Waals surface area contributed by atoms with Gasteiger partial charge < -0.3 is 10.4 Å². The highest BCUT2D eigenvalue weighted by Crippen LogP contribution is 2.10. The molecule has 2 rings (SSSR count). The molecule has 1 heterocycles. The van der Waals surface area contributed by atoms with E-state index in [1.165, 1.54) is 17.3 Å². The lowest BCUT2D eigenvalue weighted by Gasteiger charge is -2.15. The summed E-state index contributed by atoms with van der Waals surface area (Å²) in [6, 6.07) is 12.3. The van der Waals surface area contributed by atoms with E-state index in [1.807, 2.05) is 6.07 Å². The summed E-state index contributed by atoms with van der Waals surface area (Å²) in [4.78, 5) is 4.16. The molecule has 0 radical (unpaired) electrons. The number of nitrogens with one attached hydrogen (secondary N) is 1. The van der Waals surface area contributed by atoms with Crippen molar-refractivity contribution in [2.75, 3.05) is 0 Å². The number of aryl methyl sites for hydroxylation is 1. The molecule has 0 bridgehead atoms. The average molecular weight is 256 g/mol. The van der Waals surface area contributed by atoms with Gasteiger partial charge in [0.1, 0.15) is 5.75 Å². The third kappa shape index (κ3) is 4.07. The first kappa shape index (κ1) is 13.6. The number of pyridine rings is 1. The summed E-state index contributed by atoms with van der Waals surface area (Å²) in [5.41, 5.74) is 3.65. The number of aromatic hydroxyl groups is 1. The van der Waals surface area contributed by atoms with Crippen LogP contribution in [0, 0.1) is 6.92 Å². The predicted octanol–water partition coefficient (Wildman–Crippen LogP) is 2.82. The Morgan fingerprint density at radius 3 is 2.68 bits per heavy atom. The van der Waals surface area contributed by atoms with E-state index in [0.29, 0.717) is 12.6 Å². The molecule has 0 spiro atoms. The van der Waals surface area contributed by atoms with Crippen molar-refractivity contribution in [3.8, 4) is 5.75 Å². The Kier molecular flexibility index (Phi) is 4.53. The zero-order chi connectivity index (χ0) is 13.7. The van der Waals surface area contributed by atoms with Crippen molar-refractivity contribution in [2.24, 2.45) is 0 Å². The van der Waals surface area contributed by atoms with Crippen LogP contribution in [-0.4, -0.2) is 16.1 Å². The SMILES string of the molecule is Cc1ccccc1CC(C)NCc1ccc(O)cn1. The van der Waals surface area contributed by atoms with Crippen molar-refractivity contribution in [3.63, 3.8) is 0 Å². The molecule has 2 N–H and O–H groups in total. The van der Waals surface area contributed by atoms with Crippen LogP contribution in [0.3, 0.4) is 0 Å². The first-order valence-electron chi connectivity index (χ1n) is 6.57. The van der Waals surface area contributed by atoms with Crippen LogP contribution in [0.2, 0.25) is 0 Å². The van der Waals surface area contributed by atoms with Gasteiger partial charge in [0, 0.05) is 12.6 Å². The van der Waals surface area contributed by atoms with E-state index in [0.717, 1.165) is 12.1 Å². The molecular weight excluding hydrogens is 236 g/mol. The Labute approximate surface area is 114 Å². The van der Waals surface area contributed by atoms with Gasteiger partial charge in [-0.15, -0.1) is 0 Å². The van der Waals surface area contributed by atoms with Gasteiger partial charge in [-0.2, -0.15) is 0 Å². The standard InChI is InChI=1S/C16H20N2O/c1-12-5-3-4-6-14(12)9-13(2)17-10-15-7-8-16(19)11-18-15/h3-8,11,13,17,19H,9-10H2,1-2H3. The molecular formula is C16H20N2O. The minimum atomic E-state index is 0.205. The topological polar surface area (TPSA) is 45.1 Å². The van der Waals surface area contributed by atoms with Crippen LogP contribution in [0.1, 0.15) is 23.7 Å². The molecule has 2 aromatic rings. The van der Waals surface area contributed by atoms with Gasteiger partial charge in [0.25, 0.3) is 0 Å². The summed E-state index contributed by atoms with van der Waals surface area (Å²) >= 11 is 0. The number of benzene rings is 1. The molecule has 0 saturated heterocycles. The van der Waals surface area contributed by atoms with Gasteiger partial charge in [0.15, 0.2) is 0 Å². The Balaban J connectivity index is 1.86. The van der Waals surface area contributed by atoms with Crippen molar-refractivity contribution in [1.82, 2.24) is 10.3 Å². The van der Waals surface area contributed by atoms with Gasteiger partial charge in [-0.3, -0.25) is 4.98 Å². The molecule has 0 aliphatic carbocycles. The molecule has 1 atom stereocenters. The fourth-order valence-corrected chi connectivity index (χ4v) is 2.04. The molecule has 0 aliphatic heterocycles. The van der Waals surface area contributed by atoms with Gasteiger partial charge in [-0.25, -0.2) is 0 Å². The second kappa shape index (κ2) is 6.34. The van der Waals surface area contributed by atoms with E-state index in [2.05, 4.69) is 48.4 Å². The van der Waals surface area contributed by atoms with E-state index in [1.54, 1.807) is 6.07 Å². The van der Waals surface area contributed by atoms with Crippen LogP contribution in [0.15, 0.2) is 42.6 Å². The zero-order valence-electron chi connectivity index (χ0n) is 11.4. The van der Waals surface area contributed by atoms with Gasteiger partial charge in [0.05, 0.1) is 11.9 Å². The molecule has 3 heteroatoms. The van der Waals surface area contributed by atoms with Crippen molar-refractivity contribution in [2.45, 2.75) is 32.9 Å². The number of hydrogen-bond acceptors (Lipinski definition) is 3. The molecule has 0 aliphatic rings. The second-order valence-electron chi connectivity index (χ2n) is 4.92. The largest absolute Gasteiger partial charge is 0.506 e. The highest BCUT2D eigenvalue weighted by molar-refractivity contribution is 5.26. The number of nitrogens with zero attached hydrogens (tertiary/aromatic N) is 1. The van der Waals surface area contributed by atoms with E-state index < -0.39 is 0 Å². The van der Waals surface area contributed by atoms with Crippen LogP contribution in [0.25, 0.3) is 0 Å². The van der Waals surface area contributed by atoms with Gasteiger partial charge in [-0.05, 0) is 43.5 Å². The van der Waals surface area contributed by atoms with Gasteiger partial charge in [-0.1, -0.05) is 24.3 Å². The van der Waals surface area contributed by atoms with Crippen molar-refractivity contribution in [1.29, 1.82) is 0 Å². The molecule has 100 valence electrons. The normalized spacial score (nSPS) is 12.3. The van der Waals surface area contributed by atoms with E-state index in [9.17, 15) is 5.11 Å². The number of aromatic nitrogens is 1. The number of rotatable bonds is 5. The minimum Gasteiger partial charge on any atom is -0.506 e. The third-order valence-electron chi connectivity index (χ3n) is 3.23. The van der Waals surface area contributed by atoms with Gasteiger partial charge in [0.2, 0.25) is 0 Å². The van der Waals surface area contributed by atoms with E-state index in [4.69, 9.17) is 0 Å². The van der Waals surface area contributed by atoms with Crippen molar-refractivity contribution in [3.05, 3.63) is 59.4 Å². The molecule has 1 unspecified atom stereocenters. The summed E-state index contributed by atoms with van der Waals surface area (Å²) in [5, 5.41) is 12.6. The fourth-order valence-electron chi connectivity index (χ4n) is 2.04. The maximum Gasteiger partial charge on any atom is 0.133 e. The molecule has 1 aromatic heterocycles. The Hall–Kier alpha value is -1.87. The van der Waals surface area contributed by atoms with Crippen LogP contribution in [0.4, 0.5) is 0 Å². The molecule has 0 amide bonds. The first-order chi connectivity index (χ1) is 9.15. The number of hydrogen-bond donors (Lipinski definition) is 2.